The van der Waals surface area contributed by atoms with E-state index in [1.54, 1.807) is 31.3 Å². The molecule has 0 aliphatic rings. The van der Waals surface area contributed by atoms with Crippen LogP contribution in [0.1, 0.15) is 15.9 Å². The van der Waals surface area contributed by atoms with Gasteiger partial charge in [0, 0.05) is 18.7 Å². The predicted octanol–water partition coefficient (Wildman–Crippen LogP) is 2.01. The highest BCUT2D eigenvalue weighted by atomic mass is 32.1. The molecule has 0 aliphatic heterocycles. The zero-order valence-corrected chi connectivity index (χ0v) is 12.1. The third-order valence-corrected chi connectivity index (χ3v) is 3.27. The van der Waals surface area contributed by atoms with Gasteiger partial charge in [-0.25, -0.2) is 0 Å². The normalized spacial score (nSPS) is 10.1. The van der Waals surface area contributed by atoms with Gasteiger partial charge in [-0.05, 0) is 24.3 Å². The number of nitrogens with two attached hydrogens (primary N) is 1. The standard InChI is InChI=1S/C15H14N2O3S/c1-17(12-5-3-2-4-10(12)14(16)21)15(20)11-7-6-9(18)8-13(11)19/h2-8,18-19H,1H3,(H2,16,21). The van der Waals surface area contributed by atoms with E-state index < -0.39 is 5.91 Å². The Bertz CT molecular complexity index is 716. The lowest BCUT2D eigenvalue weighted by atomic mass is 10.1. The van der Waals surface area contributed by atoms with Crippen LogP contribution in [-0.2, 0) is 0 Å². The molecule has 0 fully saturated rings. The van der Waals surface area contributed by atoms with Gasteiger partial charge < -0.3 is 20.8 Å². The highest BCUT2D eigenvalue weighted by Crippen LogP contribution is 2.26. The molecule has 108 valence electrons. The van der Waals surface area contributed by atoms with Crippen molar-refractivity contribution in [3.8, 4) is 11.5 Å². The Labute approximate surface area is 127 Å². The highest BCUT2D eigenvalue weighted by molar-refractivity contribution is 7.80. The SMILES string of the molecule is CN(C(=O)c1ccc(O)cc1O)c1ccccc1C(N)=S. The van der Waals surface area contributed by atoms with Gasteiger partial charge in [-0.2, -0.15) is 0 Å². The quantitative estimate of drug-likeness (QED) is 0.755. The summed E-state index contributed by atoms with van der Waals surface area (Å²) in [5.41, 5.74) is 6.84. The average molecular weight is 302 g/mol. The van der Waals surface area contributed by atoms with Crippen LogP contribution in [0.25, 0.3) is 0 Å². The van der Waals surface area contributed by atoms with Crippen LogP contribution in [0.5, 0.6) is 11.5 Å². The topological polar surface area (TPSA) is 86.8 Å². The number of phenols is 2. The summed E-state index contributed by atoms with van der Waals surface area (Å²) < 4.78 is 0. The van der Waals surface area contributed by atoms with Crippen LogP contribution in [0, 0.1) is 0 Å². The van der Waals surface area contributed by atoms with E-state index in [9.17, 15) is 15.0 Å². The second kappa shape index (κ2) is 5.80. The third kappa shape index (κ3) is 2.95. The molecule has 6 heteroatoms. The summed E-state index contributed by atoms with van der Waals surface area (Å²) in [6.07, 6.45) is 0. The van der Waals surface area contributed by atoms with Crippen molar-refractivity contribution < 1.29 is 15.0 Å². The van der Waals surface area contributed by atoms with Crippen LogP contribution >= 0.6 is 12.2 Å². The molecule has 2 aromatic rings. The molecule has 0 atom stereocenters. The van der Waals surface area contributed by atoms with Gasteiger partial charge in [0.15, 0.2) is 0 Å². The van der Waals surface area contributed by atoms with Gasteiger partial charge in [-0.1, -0.05) is 24.4 Å². The maximum atomic E-state index is 12.5. The number of benzene rings is 2. The van der Waals surface area contributed by atoms with Crippen molar-refractivity contribution in [1.29, 1.82) is 0 Å². The fraction of sp³-hybridized carbons (Fsp3) is 0.0667. The first-order valence-electron chi connectivity index (χ1n) is 6.10. The summed E-state index contributed by atoms with van der Waals surface area (Å²) >= 11 is 4.97. The van der Waals surface area contributed by atoms with Crippen molar-refractivity contribution in [3.63, 3.8) is 0 Å². The van der Waals surface area contributed by atoms with Crippen LogP contribution < -0.4 is 10.6 Å². The van der Waals surface area contributed by atoms with Crippen molar-refractivity contribution in [2.24, 2.45) is 5.73 Å². The molecule has 0 aliphatic carbocycles. The van der Waals surface area contributed by atoms with Crippen molar-refractivity contribution in [1.82, 2.24) is 0 Å². The first kappa shape index (κ1) is 14.8. The Hall–Kier alpha value is -2.60. The summed E-state index contributed by atoms with van der Waals surface area (Å²) in [5, 5.41) is 19.1. The first-order chi connectivity index (χ1) is 9.91. The number of amides is 1. The number of thiocarbonyl (C=S) groups is 1. The average Bonchev–Trinajstić information content (AvgIpc) is 2.45. The first-order valence-corrected chi connectivity index (χ1v) is 6.51. The van der Waals surface area contributed by atoms with E-state index in [0.717, 1.165) is 6.07 Å². The molecule has 0 radical (unpaired) electrons. The molecule has 1 amide bonds. The molecule has 0 saturated heterocycles. The molecule has 0 aromatic heterocycles. The number of aromatic hydroxyl groups is 2. The fourth-order valence-electron chi connectivity index (χ4n) is 1.97. The molecular weight excluding hydrogens is 288 g/mol. The smallest absolute Gasteiger partial charge is 0.261 e. The zero-order valence-electron chi connectivity index (χ0n) is 11.3. The van der Waals surface area contributed by atoms with E-state index in [4.69, 9.17) is 18.0 Å². The number of rotatable bonds is 3. The molecule has 21 heavy (non-hydrogen) atoms. The van der Waals surface area contributed by atoms with E-state index in [1.165, 1.54) is 17.0 Å². The van der Waals surface area contributed by atoms with Gasteiger partial charge in [0.1, 0.15) is 16.5 Å². The van der Waals surface area contributed by atoms with Crippen molar-refractivity contribution in [2.45, 2.75) is 0 Å². The van der Waals surface area contributed by atoms with E-state index in [2.05, 4.69) is 0 Å². The van der Waals surface area contributed by atoms with Crippen LogP contribution in [0.2, 0.25) is 0 Å². The van der Waals surface area contributed by atoms with Gasteiger partial charge in [0.2, 0.25) is 0 Å². The predicted molar refractivity (Wildman–Crippen MR) is 84.8 cm³/mol. The molecule has 0 saturated carbocycles. The largest absolute Gasteiger partial charge is 0.508 e. The van der Waals surface area contributed by atoms with Crippen molar-refractivity contribution >= 4 is 28.8 Å². The molecule has 0 unspecified atom stereocenters. The molecule has 2 rings (SSSR count). The summed E-state index contributed by atoms with van der Waals surface area (Å²) in [6, 6.07) is 10.8. The Morgan fingerprint density at radius 3 is 2.43 bits per heavy atom. The second-order valence-electron chi connectivity index (χ2n) is 4.45. The summed E-state index contributed by atoms with van der Waals surface area (Å²) in [4.78, 5) is 14.0. The van der Waals surface area contributed by atoms with Gasteiger partial charge in [0.05, 0.1) is 11.3 Å². The zero-order chi connectivity index (χ0) is 15.6. The number of hydrogen-bond donors (Lipinski definition) is 3. The van der Waals surface area contributed by atoms with Crippen LogP contribution in [0.4, 0.5) is 5.69 Å². The highest BCUT2D eigenvalue weighted by Gasteiger charge is 2.20. The second-order valence-corrected chi connectivity index (χ2v) is 4.89. The van der Waals surface area contributed by atoms with Gasteiger partial charge >= 0.3 is 0 Å². The Morgan fingerprint density at radius 1 is 1.14 bits per heavy atom. The molecule has 5 nitrogen and oxygen atoms in total. The molecular formula is C15H14N2O3S. The number of para-hydroxylation sites is 1. The molecule has 4 N–H and O–H groups in total. The van der Waals surface area contributed by atoms with Gasteiger partial charge in [-0.3, -0.25) is 4.79 Å². The van der Waals surface area contributed by atoms with Crippen LogP contribution in [0.3, 0.4) is 0 Å². The molecule has 0 spiro atoms. The Kier molecular flexibility index (Phi) is 4.09. The summed E-state index contributed by atoms with van der Waals surface area (Å²) in [6.45, 7) is 0. The van der Waals surface area contributed by atoms with E-state index >= 15 is 0 Å². The van der Waals surface area contributed by atoms with E-state index in [1.807, 2.05) is 0 Å². The number of nitrogens with zero attached hydrogens (tertiary/aromatic N) is 1. The molecule has 2 aromatic carbocycles. The monoisotopic (exact) mass is 302 g/mol. The Balaban J connectivity index is 2.42. The minimum Gasteiger partial charge on any atom is -0.508 e. The molecule has 0 heterocycles. The number of phenolic OH excluding ortho intramolecular Hbond substituents is 2. The summed E-state index contributed by atoms with van der Waals surface area (Å²) in [7, 11) is 1.56. The maximum Gasteiger partial charge on any atom is 0.261 e. The van der Waals surface area contributed by atoms with Crippen LogP contribution in [-0.4, -0.2) is 28.2 Å². The lowest BCUT2D eigenvalue weighted by Gasteiger charge is -2.20. The maximum absolute atomic E-state index is 12.5. The fourth-order valence-corrected chi connectivity index (χ4v) is 2.14. The summed E-state index contributed by atoms with van der Waals surface area (Å²) in [5.74, 6) is -0.842. The number of anilines is 1. The van der Waals surface area contributed by atoms with Crippen LogP contribution in [0.15, 0.2) is 42.5 Å². The minimum absolute atomic E-state index is 0.0769. The number of carbonyl (C=O) groups is 1. The minimum atomic E-state index is -0.434. The number of carbonyl (C=O) groups excluding carboxylic acids is 1. The van der Waals surface area contributed by atoms with Gasteiger partial charge in [-0.15, -0.1) is 0 Å². The van der Waals surface area contributed by atoms with E-state index in [0.29, 0.717) is 11.3 Å². The van der Waals surface area contributed by atoms with Crippen molar-refractivity contribution in [3.05, 3.63) is 53.6 Å². The number of hydrogen-bond acceptors (Lipinski definition) is 4. The van der Waals surface area contributed by atoms with Gasteiger partial charge in [0.25, 0.3) is 5.91 Å². The lowest BCUT2D eigenvalue weighted by Crippen LogP contribution is -2.28. The lowest BCUT2D eigenvalue weighted by molar-refractivity contribution is 0.0990. The Morgan fingerprint density at radius 2 is 1.81 bits per heavy atom. The van der Waals surface area contributed by atoms with Crippen molar-refractivity contribution in [2.75, 3.05) is 11.9 Å². The van der Waals surface area contributed by atoms with E-state index in [-0.39, 0.29) is 22.1 Å². The molecule has 0 bridgehead atoms. The third-order valence-electron chi connectivity index (χ3n) is 3.05.